The van der Waals surface area contributed by atoms with Crippen LogP contribution in [0.25, 0.3) is 0 Å². The fourth-order valence-corrected chi connectivity index (χ4v) is 1.42. The number of ketones is 1. The average molecular weight is 189 g/mol. The zero-order valence-corrected chi connectivity index (χ0v) is 7.69. The molecule has 0 amide bonds. The Morgan fingerprint density at radius 3 is 2.93 bits per heavy atom. The number of anilines is 1. The highest BCUT2D eigenvalue weighted by atomic mass is 16.5. The third kappa shape index (κ3) is 1.62. The molecule has 0 aliphatic carbocycles. The Labute approximate surface area is 82.2 Å². The summed E-state index contributed by atoms with van der Waals surface area (Å²) in [5, 5.41) is 0. The molecule has 0 radical (unpaired) electrons. The summed E-state index contributed by atoms with van der Waals surface area (Å²) < 4.78 is 5.02. The summed E-state index contributed by atoms with van der Waals surface area (Å²) in [6.07, 6.45) is 2.22. The van der Waals surface area contributed by atoms with E-state index in [2.05, 4.69) is 0 Å². The lowest BCUT2D eigenvalue weighted by Crippen LogP contribution is -2.02. The van der Waals surface area contributed by atoms with E-state index in [1.807, 2.05) is 0 Å². The van der Waals surface area contributed by atoms with Gasteiger partial charge in [-0.3, -0.25) is 4.79 Å². The minimum absolute atomic E-state index is 0.00907. The molecule has 1 aromatic rings. The van der Waals surface area contributed by atoms with Crippen LogP contribution in [0.2, 0.25) is 0 Å². The monoisotopic (exact) mass is 189 g/mol. The molecule has 0 bridgehead atoms. The van der Waals surface area contributed by atoms with Crippen LogP contribution in [0.3, 0.4) is 0 Å². The van der Waals surface area contributed by atoms with Crippen molar-refractivity contribution >= 4 is 11.5 Å². The largest absolute Gasteiger partial charge is 0.500 e. The van der Waals surface area contributed by atoms with Crippen molar-refractivity contribution in [2.45, 2.75) is 6.42 Å². The van der Waals surface area contributed by atoms with Crippen molar-refractivity contribution in [3.05, 3.63) is 41.7 Å². The Balaban J connectivity index is 2.27. The number of benzene rings is 1. The number of hydrogen-bond acceptors (Lipinski definition) is 3. The van der Waals surface area contributed by atoms with Crippen LogP contribution in [-0.2, 0) is 4.74 Å². The molecule has 3 nitrogen and oxygen atoms in total. The molecule has 0 unspecified atom stereocenters. The highest BCUT2D eigenvalue weighted by molar-refractivity contribution is 6.09. The van der Waals surface area contributed by atoms with Gasteiger partial charge in [-0.05, 0) is 12.1 Å². The number of nitrogens with two attached hydrogens (primary N) is 1. The van der Waals surface area contributed by atoms with Crippen molar-refractivity contribution in [2.24, 2.45) is 0 Å². The van der Waals surface area contributed by atoms with Gasteiger partial charge in [-0.15, -0.1) is 0 Å². The van der Waals surface area contributed by atoms with Crippen LogP contribution < -0.4 is 5.73 Å². The van der Waals surface area contributed by atoms with Crippen LogP contribution in [-0.4, -0.2) is 12.4 Å². The molecule has 14 heavy (non-hydrogen) atoms. The van der Waals surface area contributed by atoms with Gasteiger partial charge in [0.1, 0.15) is 0 Å². The zero-order valence-electron chi connectivity index (χ0n) is 7.69. The van der Waals surface area contributed by atoms with Gasteiger partial charge in [0.25, 0.3) is 0 Å². The molecule has 3 heteroatoms. The molecule has 1 heterocycles. The minimum Gasteiger partial charge on any atom is -0.500 e. The van der Waals surface area contributed by atoms with Gasteiger partial charge in [0.05, 0.1) is 12.9 Å². The van der Waals surface area contributed by atoms with Gasteiger partial charge in [-0.2, -0.15) is 0 Å². The number of nitrogen functional groups attached to an aromatic ring is 1. The Hall–Kier alpha value is -1.77. The number of carbonyl (C=O) groups excluding carboxylic acids is 1. The standard InChI is InChI=1S/C11H11NO2/c12-10-3-1-2-8(6-10)11(13)9-4-5-14-7-9/h1-3,6-7H,4-5,12H2. The normalized spacial score (nSPS) is 14.7. The quantitative estimate of drug-likeness (QED) is 0.569. The van der Waals surface area contributed by atoms with Crippen molar-refractivity contribution in [2.75, 3.05) is 12.3 Å². The van der Waals surface area contributed by atoms with Gasteiger partial charge in [0.2, 0.25) is 0 Å². The van der Waals surface area contributed by atoms with Crippen LogP contribution in [0.15, 0.2) is 36.1 Å². The maximum Gasteiger partial charge on any atom is 0.192 e. The smallest absolute Gasteiger partial charge is 0.192 e. The summed E-state index contributed by atoms with van der Waals surface area (Å²) in [5.41, 5.74) is 7.54. The second-order valence-corrected chi connectivity index (χ2v) is 3.22. The zero-order chi connectivity index (χ0) is 9.97. The molecule has 0 aromatic heterocycles. The van der Waals surface area contributed by atoms with Gasteiger partial charge in [0.15, 0.2) is 5.78 Å². The SMILES string of the molecule is Nc1cccc(C(=O)C2=COCC2)c1. The van der Waals surface area contributed by atoms with Crippen molar-refractivity contribution in [3.8, 4) is 0 Å². The first kappa shape index (κ1) is 8.81. The fraction of sp³-hybridized carbons (Fsp3) is 0.182. The molecule has 2 N–H and O–H groups in total. The lowest BCUT2D eigenvalue weighted by Gasteiger charge is -2.00. The van der Waals surface area contributed by atoms with E-state index in [0.717, 1.165) is 5.57 Å². The van der Waals surface area contributed by atoms with Gasteiger partial charge in [-0.25, -0.2) is 0 Å². The summed E-state index contributed by atoms with van der Waals surface area (Å²) in [7, 11) is 0. The third-order valence-corrected chi connectivity index (χ3v) is 2.16. The molecule has 0 saturated carbocycles. The summed E-state index contributed by atoms with van der Waals surface area (Å²) in [5.74, 6) is 0.00907. The topological polar surface area (TPSA) is 52.3 Å². The molecule has 1 aromatic carbocycles. The summed E-state index contributed by atoms with van der Waals surface area (Å²) in [6.45, 7) is 0.601. The van der Waals surface area contributed by atoms with Crippen LogP contribution in [0.4, 0.5) is 5.69 Å². The predicted octanol–water partition coefficient (Wildman–Crippen LogP) is 1.76. The van der Waals surface area contributed by atoms with Gasteiger partial charge < -0.3 is 10.5 Å². The predicted molar refractivity (Wildman–Crippen MR) is 53.8 cm³/mol. The van der Waals surface area contributed by atoms with E-state index >= 15 is 0 Å². The first-order valence-electron chi connectivity index (χ1n) is 4.48. The number of carbonyl (C=O) groups is 1. The molecular weight excluding hydrogens is 178 g/mol. The van der Waals surface area contributed by atoms with E-state index in [9.17, 15) is 4.79 Å². The molecule has 0 spiro atoms. The van der Waals surface area contributed by atoms with Crippen molar-refractivity contribution in [1.82, 2.24) is 0 Å². The highest BCUT2D eigenvalue weighted by Crippen LogP contribution is 2.17. The van der Waals surface area contributed by atoms with Crippen LogP contribution >= 0.6 is 0 Å². The maximum atomic E-state index is 11.8. The van der Waals surface area contributed by atoms with Crippen molar-refractivity contribution in [3.63, 3.8) is 0 Å². The lowest BCUT2D eigenvalue weighted by atomic mass is 10.0. The summed E-state index contributed by atoms with van der Waals surface area (Å²) in [6, 6.07) is 6.98. The molecule has 1 aliphatic heterocycles. The van der Waals surface area contributed by atoms with E-state index in [1.54, 1.807) is 24.3 Å². The van der Waals surface area contributed by atoms with E-state index in [4.69, 9.17) is 10.5 Å². The molecule has 0 saturated heterocycles. The molecule has 72 valence electrons. The Bertz CT molecular complexity index is 396. The van der Waals surface area contributed by atoms with Crippen molar-refractivity contribution < 1.29 is 9.53 Å². The second kappa shape index (κ2) is 3.54. The first-order valence-corrected chi connectivity index (χ1v) is 4.48. The lowest BCUT2D eigenvalue weighted by molar-refractivity contribution is 0.103. The number of rotatable bonds is 2. The fourth-order valence-electron chi connectivity index (χ4n) is 1.42. The Morgan fingerprint density at radius 2 is 2.29 bits per heavy atom. The third-order valence-electron chi connectivity index (χ3n) is 2.16. The second-order valence-electron chi connectivity index (χ2n) is 3.22. The van der Waals surface area contributed by atoms with Crippen LogP contribution in [0.1, 0.15) is 16.8 Å². The molecular formula is C11H11NO2. The number of Topliss-reactive ketones (excluding diaryl/α,β-unsaturated/α-hetero) is 1. The van der Waals surface area contributed by atoms with E-state index < -0.39 is 0 Å². The average Bonchev–Trinajstić information content (AvgIpc) is 2.69. The van der Waals surface area contributed by atoms with Gasteiger partial charge >= 0.3 is 0 Å². The molecule has 2 rings (SSSR count). The maximum absolute atomic E-state index is 11.8. The summed E-state index contributed by atoms with van der Waals surface area (Å²) >= 11 is 0. The van der Waals surface area contributed by atoms with Crippen LogP contribution in [0.5, 0.6) is 0 Å². The van der Waals surface area contributed by atoms with E-state index in [-0.39, 0.29) is 5.78 Å². The Morgan fingerprint density at radius 1 is 1.43 bits per heavy atom. The minimum atomic E-state index is 0.00907. The molecule has 0 atom stereocenters. The molecule has 1 aliphatic rings. The van der Waals surface area contributed by atoms with Crippen molar-refractivity contribution in [1.29, 1.82) is 0 Å². The van der Waals surface area contributed by atoms with Crippen LogP contribution in [0, 0.1) is 0 Å². The molecule has 0 fully saturated rings. The van der Waals surface area contributed by atoms with E-state index in [0.29, 0.717) is 24.3 Å². The summed E-state index contributed by atoms with van der Waals surface area (Å²) in [4.78, 5) is 11.8. The number of ether oxygens (including phenoxy) is 1. The number of hydrogen-bond donors (Lipinski definition) is 1. The van der Waals surface area contributed by atoms with Gasteiger partial charge in [-0.1, -0.05) is 12.1 Å². The van der Waals surface area contributed by atoms with E-state index in [1.165, 1.54) is 6.26 Å². The van der Waals surface area contributed by atoms with Gasteiger partial charge in [0, 0.05) is 23.2 Å². The highest BCUT2D eigenvalue weighted by Gasteiger charge is 2.16. The first-order chi connectivity index (χ1) is 6.77. The Kier molecular flexibility index (Phi) is 2.23.